The molecule has 0 atom stereocenters. The Morgan fingerprint density at radius 3 is 2.76 bits per heavy atom. The number of benzene rings is 1. The van der Waals surface area contributed by atoms with Crippen LogP contribution in [-0.4, -0.2) is 15.9 Å². The van der Waals surface area contributed by atoms with E-state index < -0.39 is 0 Å². The van der Waals surface area contributed by atoms with Gasteiger partial charge in [0.15, 0.2) is 0 Å². The van der Waals surface area contributed by atoms with E-state index in [4.69, 9.17) is 4.74 Å². The lowest BCUT2D eigenvalue weighted by Crippen LogP contribution is -2.03. The van der Waals surface area contributed by atoms with Gasteiger partial charge >= 0.3 is 5.97 Å². The van der Waals surface area contributed by atoms with Gasteiger partial charge in [0, 0.05) is 18.7 Å². The predicted molar refractivity (Wildman–Crippen MR) is 63.5 cm³/mol. The number of aromatic nitrogens is 2. The minimum Gasteiger partial charge on any atom is -0.426 e. The lowest BCUT2D eigenvalue weighted by molar-refractivity contribution is -0.131. The van der Waals surface area contributed by atoms with Crippen LogP contribution in [0.25, 0.3) is 11.3 Å². The van der Waals surface area contributed by atoms with Crippen molar-refractivity contribution in [2.45, 2.75) is 13.8 Å². The van der Waals surface area contributed by atoms with Crippen LogP contribution in [0.15, 0.2) is 36.8 Å². The van der Waals surface area contributed by atoms with Crippen molar-refractivity contribution >= 4 is 5.97 Å². The molecule has 4 nitrogen and oxygen atoms in total. The Morgan fingerprint density at radius 2 is 2.12 bits per heavy atom. The zero-order valence-electron chi connectivity index (χ0n) is 9.68. The van der Waals surface area contributed by atoms with Gasteiger partial charge in [0.05, 0.1) is 5.69 Å². The van der Waals surface area contributed by atoms with Crippen LogP contribution in [0.3, 0.4) is 0 Å². The van der Waals surface area contributed by atoms with E-state index in [1.807, 2.05) is 19.1 Å². The Labute approximate surface area is 99.3 Å². The van der Waals surface area contributed by atoms with Crippen LogP contribution >= 0.6 is 0 Å². The third kappa shape index (κ3) is 2.47. The van der Waals surface area contributed by atoms with Gasteiger partial charge in [0.25, 0.3) is 0 Å². The van der Waals surface area contributed by atoms with Gasteiger partial charge in [-0.15, -0.1) is 0 Å². The zero-order valence-corrected chi connectivity index (χ0v) is 9.68. The molecule has 0 unspecified atom stereocenters. The fraction of sp³-hybridized carbons (Fsp3) is 0.154. The summed E-state index contributed by atoms with van der Waals surface area (Å²) in [7, 11) is 0. The Morgan fingerprint density at radius 1 is 1.29 bits per heavy atom. The van der Waals surface area contributed by atoms with Crippen LogP contribution in [0.5, 0.6) is 5.75 Å². The molecule has 0 N–H and O–H groups in total. The first-order valence-electron chi connectivity index (χ1n) is 5.23. The molecule has 1 aromatic carbocycles. The fourth-order valence-corrected chi connectivity index (χ4v) is 1.65. The summed E-state index contributed by atoms with van der Waals surface area (Å²) >= 11 is 0. The third-order valence-corrected chi connectivity index (χ3v) is 2.33. The van der Waals surface area contributed by atoms with Gasteiger partial charge in [-0.25, -0.2) is 9.97 Å². The average molecular weight is 228 g/mol. The van der Waals surface area contributed by atoms with Crippen molar-refractivity contribution in [1.29, 1.82) is 0 Å². The Balaban J connectivity index is 2.55. The average Bonchev–Trinajstić information content (AvgIpc) is 2.29. The first kappa shape index (κ1) is 11.3. The van der Waals surface area contributed by atoms with E-state index in [0.29, 0.717) is 5.75 Å². The van der Waals surface area contributed by atoms with Crippen molar-refractivity contribution in [2.24, 2.45) is 0 Å². The molecule has 86 valence electrons. The first-order valence-corrected chi connectivity index (χ1v) is 5.23. The zero-order chi connectivity index (χ0) is 12.3. The molecule has 0 bridgehead atoms. The molecule has 1 aromatic heterocycles. The molecule has 1 heterocycles. The van der Waals surface area contributed by atoms with E-state index in [1.54, 1.807) is 18.3 Å². The number of hydrogen-bond donors (Lipinski definition) is 0. The summed E-state index contributed by atoms with van der Waals surface area (Å²) in [6, 6.07) is 7.34. The molecule has 0 saturated heterocycles. The molecule has 0 saturated carbocycles. The molecule has 0 aliphatic rings. The van der Waals surface area contributed by atoms with Gasteiger partial charge in [0.1, 0.15) is 12.1 Å². The lowest BCUT2D eigenvalue weighted by atomic mass is 10.0. The standard InChI is InChI=1S/C13H12N2O2/c1-9-4-3-5-12(17-10(2)16)13(9)11-6-7-14-8-15-11/h3-8H,1-2H3. The van der Waals surface area contributed by atoms with Gasteiger partial charge < -0.3 is 4.74 Å². The largest absolute Gasteiger partial charge is 0.426 e. The second-order valence-electron chi connectivity index (χ2n) is 3.64. The summed E-state index contributed by atoms with van der Waals surface area (Å²) < 4.78 is 5.18. The number of aryl methyl sites for hydroxylation is 1. The molecule has 0 amide bonds. The quantitative estimate of drug-likeness (QED) is 0.585. The van der Waals surface area contributed by atoms with Crippen molar-refractivity contribution in [3.05, 3.63) is 42.4 Å². The first-order chi connectivity index (χ1) is 8.18. The van der Waals surface area contributed by atoms with Crippen LogP contribution in [-0.2, 0) is 4.79 Å². The second-order valence-corrected chi connectivity index (χ2v) is 3.64. The van der Waals surface area contributed by atoms with Gasteiger partial charge in [-0.2, -0.15) is 0 Å². The van der Waals surface area contributed by atoms with E-state index >= 15 is 0 Å². The molecule has 0 spiro atoms. The SMILES string of the molecule is CC(=O)Oc1cccc(C)c1-c1ccncn1. The van der Waals surface area contributed by atoms with Crippen molar-refractivity contribution in [3.8, 4) is 17.0 Å². The summed E-state index contributed by atoms with van der Waals surface area (Å²) in [5.41, 5.74) is 2.57. The fourth-order valence-electron chi connectivity index (χ4n) is 1.65. The monoisotopic (exact) mass is 228 g/mol. The molecule has 4 heteroatoms. The summed E-state index contributed by atoms with van der Waals surface area (Å²) in [5.74, 6) is 0.183. The van der Waals surface area contributed by atoms with E-state index in [0.717, 1.165) is 16.8 Å². The lowest BCUT2D eigenvalue weighted by Gasteiger charge is -2.10. The van der Waals surface area contributed by atoms with Gasteiger partial charge in [-0.3, -0.25) is 4.79 Å². The van der Waals surface area contributed by atoms with Gasteiger partial charge in [-0.05, 0) is 24.6 Å². The third-order valence-electron chi connectivity index (χ3n) is 2.33. The number of carbonyl (C=O) groups excluding carboxylic acids is 1. The second kappa shape index (κ2) is 4.74. The van der Waals surface area contributed by atoms with Crippen LogP contribution in [0.2, 0.25) is 0 Å². The molecule has 0 fully saturated rings. The molecular formula is C13H12N2O2. The number of ether oxygens (including phenoxy) is 1. The maximum absolute atomic E-state index is 11.1. The minimum atomic E-state index is -0.342. The van der Waals surface area contributed by atoms with Crippen LogP contribution in [0, 0.1) is 6.92 Å². The summed E-state index contributed by atoms with van der Waals surface area (Å²) in [6.45, 7) is 3.33. The molecule has 0 aliphatic carbocycles. The topological polar surface area (TPSA) is 52.1 Å². The van der Waals surface area contributed by atoms with Gasteiger partial charge in [0.2, 0.25) is 0 Å². The van der Waals surface area contributed by atoms with E-state index in [1.165, 1.54) is 13.3 Å². The van der Waals surface area contributed by atoms with Crippen molar-refractivity contribution < 1.29 is 9.53 Å². The Kier molecular flexibility index (Phi) is 3.14. The van der Waals surface area contributed by atoms with Gasteiger partial charge in [-0.1, -0.05) is 12.1 Å². The number of carbonyl (C=O) groups is 1. The molecule has 2 aromatic rings. The minimum absolute atomic E-state index is 0.342. The van der Waals surface area contributed by atoms with E-state index in [9.17, 15) is 4.79 Å². The summed E-state index contributed by atoms with van der Waals surface area (Å²) in [5, 5.41) is 0. The van der Waals surface area contributed by atoms with E-state index in [-0.39, 0.29) is 5.97 Å². The highest BCUT2D eigenvalue weighted by molar-refractivity contribution is 5.76. The van der Waals surface area contributed by atoms with Crippen molar-refractivity contribution in [2.75, 3.05) is 0 Å². The van der Waals surface area contributed by atoms with Crippen LogP contribution < -0.4 is 4.74 Å². The Bertz CT molecular complexity index is 538. The maximum atomic E-state index is 11.1. The summed E-state index contributed by atoms with van der Waals surface area (Å²) in [6.07, 6.45) is 3.13. The van der Waals surface area contributed by atoms with Crippen molar-refractivity contribution in [3.63, 3.8) is 0 Å². The normalized spacial score (nSPS) is 10.0. The van der Waals surface area contributed by atoms with Crippen LogP contribution in [0.4, 0.5) is 0 Å². The molecule has 2 rings (SSSR count). The molecule has 0 aliphatic heterocycles. The van der Waals surface area contributed by atoms with Crippen LogP contribution in [0.1, 0.15) is 12.5 Å². The predicted octanol–water partition coefficient (Wildman–Crippen LogP) is 2.38. The molecule has 17 heavy (non-hydrogen) atoms. The molecular weight excluding hydrogens is 216 g/mol. The number of rotatable bonds is 2. The highest BCUT2D eigenvalue weighted by Crippen LogP contribution is 2.31. The van der Waals surface area contributed by atoms with E-state index in [2.05, 4.69) is 9.97 Å². The Hall–Kier alpha value is -2.23. The molecule has 0 radical (unpaired) electrons. The number of esters is 1. The van der Waals surface area contributed by atoms with Crippen molar-refractivity contribution in [1.82, 2.24) is 9.97 Å². The highest BCUT2D eigenvalue weighted by atomic mass is 16.5. The smallest absolute Gasteiger partial charge is 0.308 e. The maximum Gasteiger partial charge on any atom is 0.308 e. The number of nitrogens with zero attached hydrogens (tertiary/aromatic N) is 2. The number of hydrogen-bond acceptors (Lipinski definition) is 4. The highest BCUT2D eigenvalue weighted by Gasteiger charge is 2.11. The summed E-state index contributed by atoms with van der Waals surface area (Å²) in [4.78, 5) is 19.1.